The molecule has 0 spiro atoms. The fourth-order valence-corrected chi connectivity index (χ4v) is 5.87. The lowest BCUT2D eigenvalue weighted by Gasteiger charge is -2.44. The van der Waals surface area contributed by atoms with Crippen molar-refractivity contribution in [2.24, 2.45) is 0 Å². The Morgan fingerprint density at radius 2 is 1.64 bits per heavy atom. The van der Waals surface area contributed by atoms with E-state index in [0.29, 0.717) is 26.2 Å². The van der Waals surface area contributed by atoms with E-state index in [4.69, 9.17) is 9.47 Å². The molecule has 2 N–H and O–H groups in total. The van der Waals surface area contributed by atoms with Crippen molar-refractivity contribution in [1.29, 1.82) is 0 Å². The molecule has 3 saturated heterocycles. The minimum atomic E-state index is -0.508. The Balaban J connectivity index is 1.11. The van der Waals surface area contributed by atoms with Gasteiger partial charge in [0.2, 0.25) is 5.91 Å². The second kappa shape index (κ2) is 12.3. The number of fused-ring (bicyclic) bond motifs is 1. The van der Waals surface area contributed by atoms with Crippen LogP contribution in [-0.2, 0) is 27.4 Å². The quantitative estimate of drug-likeness (QED) is 0.618. The third-order valence-corrected chi connectivity index (χ3v) is 7.62. The molecule has 7 heteroatoms. The van der Waals surface area contributed by atoms with Crippen molar-refractivity contribution in [3.63, 3.8) is 0 Å². The summed E-state index contributed by atoms with van der Waals surface area (Å²) in [6, 6.07) is 21.2. The summed E-state index contributed by atoms with van der Waals surface area (Å²) in [6.07, 6.45) is 2.44. The van der Waals surface area contributed by atoms with E-state index < -0.39 is 6.10 Å². The molecule has 5 rings (SSSR count). The fraction of sp³-hybridized carbons (Fsp3) is 0.552. The van der Waals surface area contributed by atoms with Gasteiger partial charge in [0.05, 0.1) is 37.9 Å². The monoisotopic (exact) mass is 493 g/mol. The maximum absolute atomic E-state index is 12.9. The van der Waals surface area contributed by atoms with Gasteiger partial charge >= 0.3 is 0 Å². The van der Waals surface area contributed by atoms with Gasteiger partial charge in [-0.1, -0.05) is 60.7 Å². The van der Waals surface area contributed by atoms with Crippen LogP contribution in [0.5, 0.6) is 0 Å². The number of aliphatic hydroxyl groups excluding tert-OH is 1. The van der Waals surface area contributed by atoms with E-state index in [1.54, 1.807) is 0 Å². The van der Waals surface area contributed by atoms with Gasteiger partial charge in [-0.05, 0) is 30.4 Å². The highest BCUT2D eigenvalue weighted by atomic mass is 16.5. The summed E-state index contributed by atoms with van der Waals surface area (Å²) in [5, 5.41) is 13.6. The highest BCUT2D eigenvalue weighted by Gasteiger charge is 2.38. The summed E-state index contributed by atoms with van der Waals surface area (Å²) in [4.78, 5) is 17.6. The zero-order valence-electron chi connectivity index (χ0n) is 21.0. The highest BCUT2D eigenvalue weighted by molar-refractivity contribution is 5.76. The summed E-state index contributed by atoms with van der Waals surface area (Å²) in [5.41, 5.74) is 2.54. The molecular weight excluding hydrogens is 454 g/mol. The van der Waals surface area contributed by atoms with E-state index in [9.17, 15) is 9.90 Å². The van der Waals surface area contributed by atoms with Gasteiger partial charge < -0.3 is 19.9 Å². The van der Waals surface area contributed by atoms with Crippen LogP contribution in [-0.4, -0.2) is 84.1 Å². The first-order chi connectivity index (χ1) is 17.6. The molecule has 0 bridgehead atoms. The Kier molecular flexibility index (Phi) is 8.67. The maximum Gasteiger partial charge on any atom is 0.222 e. The van der Waals surface area contributed by atoms with Crippen molar-refractivity contribution in [2.75, 3.05) is 32.8 Å². The molecule has 3 heterocycles. The minimum absolute atomic E-state index is 0.0772. The predicted octanol–water partition coefficient (Wildman–Crippen LogP) is 2.58. The van der Waals surface area contributed by atoms with Crippen molar-refractivity contribution in [3.8, 4) is 0 Å². The van der Waals surface area contributed by atoms with Crippen LogP contribution in [0.3, 0.4) is 0 Å². The molecule has 2 aromatic carbocycles. The van der Waals surface area contributed by atoms with Crippen LogP contribution in [0.15, 0.2) is 60.7 Å². The molecular formula is C29H39N3O4. The van der Waals surface area contributed by atoms with Crippen LogP contribution >= 0.6 is 0 Å². The molecule has 2 aromatic rings. The Morgan fingerprint density at radius 1 is 0.917 bits per heavy atom. The molecule has 0 aromatic heterocycles. The number of hydrogen-bond acceptors (Lipinski definition) is 6. The number of carbonyl (C=O) groups is 1. The number of hydrogen-bond donors (Lipinski definition) is 2. The molecule has 5 atom stereocenters. The molecule has 7 nitrogen and oxygen atoms in total. The van der Waals surface area contributed by atoms with Crippen LogP contribution in [0.2, 0.25) is 0 Å². The topological polar surface area (TPSA) is 74.3 Å². The number of nitrogens with one attached hydrogen (secondary N) is 1. The van der Waals surface area contributed by atoms with Gasteiger partial charge in [0, 0.05) is 44.8 Å². The van der Waals surface area contributed by atoms with Crippen molar-refractivity contribution < 1.29 is 19.4 Å². The Labute approximate surface area is 214 Å². The van der Waals surface area contributed by atoms with Crippen molar-refractivity contribution >= 4 is 5.91 Å². The first-order valence-electron chi connectivity index (χ1n) is 13.4. The Hall–Kier alpha value is -2.29. The second-order valence-corrected chi connectivity index (χ2v) is 10.5. The first-order valence-corrected chi connectivity index (χ1v) is 13.4. The largest absolute Gasteiger partial charge is 0.389 e. The van der Waals surface area contributed by atoms with E-state index >= 15 is 0 Å². The lowest BCUT2D eigenvalue weighted by atomic mass is 9.94. The molecule has 1 amide bonds. The van der Waals surface area contributed by atoms with Crippen LogP contribution in [0.25, 0.3) is 0 Å². The van der Waals surface area contributed by atoms with Gasteiger partial charge in [0.25, 0.3) is 0 Å². The standard InChI is InChI=1S/C29H39N3O4/c33-25-19-32(17-23-9-5-2-6-10-23)27-12-11-26(36-28(27)21-35-20-25)15-29(34)30-24-13-14-31(18-24)16-22-7-3-1-4-8-22/h1-10,24-28,33H,11-21H2,(H,30,34)/t24-,25-,26-,27-,28+/m1/s1. The number of rotatable bonds is 7. The van der Waals surface area contributed by atoms with Gasteiger partial charge in [-0.2, -0.15) is 0 Å². The van der Waals surface area contributed by atoms with Gasteiger partial charge in [-0.3, -0.25) is 14.6 Å². The third-order valence-electron chi connectivity index (χ3n) is 7.62. The first kappa shape index (κ1) is 25.4. The van der Waals surface area contributed by atoms with Crippen LogP contribution < -0.4 is 5.32 Å². The fourth-order valence-electron chi connectivity index (χ4n) is 5.87. The van der Waals surface area contributed by atoms with Crippen molar-refractivity contribution in [1.82, 2.24) is 15.1 Å². The van der Waals surface area contributed by atoms with E-state index in [1.807, 2.05) is 24.3 Å². The molecule has 194 valence electrons. The van der Waals surface area contributed by atoms with Gasteiger partial charge in [0.1, 0.15) is 0 Å². The van der Waals surface area contributed by atoms with Crippen molar-refractivity contribution in [3.05, 3.63) is 71.8 Å². The lowest BCUT2D eigenvalue weighted by molar-refractivity contribution is -0.158. The zero-order valence-corrected chi connectivity index (χ0v) is 21.0. The Morgan fingerprint density at radius 3 is 2.39 bits per heavy atom. The number of benzene rings is 2. The molecule has 3 aliphatic rings. The minimum Gasteiger partial charge on any atom is -0.389 e. The van der Waals surface area contributed by atoms with Gasteiger partial charge in [-0.25, -0.2) is 0 Å². The normalized spacial score (nSPS) is 29.8. The zero-order chi connectivity index (χ0) is 24.7. The molecule has 0 radical (unpaired) electrons. The summed E-state index contributed by atoms with van der Waals surface area (Å²) >= 11 is 0. The van der Waals surface area contributed by atoms with Gasteiger partial charge in [0.15, 0.2) is 0 Å². The lowest BCUT2D eigenvalue weighted by Crippen LogP contribution is -2.55. The number of amides is 1. The number of nitrogens with zero attached hydrogens (tertiary/aromatic N) is 2. The van der Waals surface area contributed by atoms with E-state index in [-0.39, 0.29) is 30.2 Å². The van der Waals surface area contributed by atoms with Crippen molar-refractivity contribution in [2.45, 2.75) is 69.2 Å². The average Bonchev–Trinajstić information content (AvgIpc) is 3.30. The van der Waals surface area contributed by atoms with Crippen LogP contribution in [0.4, 0.5) is 0 Å². The smallest absolute Gasteiger partial charge is 0.222 e. The molecule has 0 saturated carbocycles. The van der Waals surface area contributed by atoms with Crippen LogP contribution in [0.1, 0.15) is 36.8 Å². The maximum atomic E-state index is 12.9. The summed E-state index contributed by atoms with van der Waals surface area (Å²) in [5.74, 6) is 0.0772. The predicted molar refractivity (Wildman–Crippen MR) is 138 cm³/mol. The summed E-state index contributed by atoms with van der Waals surface area (Å²) < 4.78 is 12.2. The molecule has 36 heavy (non-hydrogen) atoms. The number of carbonyl (C=O) groups excluding carboxylic acids is 1. The average molecular weight is 494 g/mol. The third kappa shape index (κ3) is 6.93. The molecule has 3 fully saturated rings. The number of β-amino-alcohol motifs (C(OH)–C–C–N with tert-alkyl or cyclic N) is 1. The van der Waals surface area contributed by atoms with E-state index in [0.717, 1.165) is 45.4 Å². The number of likely N-dealkylation sites (tertiary alicyclic amines) is 1. The Bertz CT molecular complexity index is 960. The van der Waals surface area contributed by atoms with E-state index in [2.05, 4.69) is 51.5 Å². The summed E-state index contributed by atoms with van der Waals surface area (Å²) in [7, 11) is 0. The second-order valence-electron chi connectivity index (χ2n) is 10.5. The van der Waals surface area contributed by atoms with E-state index in [1.165, 1.54) is 11.1 Å². The summed E-state index contributed by atoms with van der Waals surface area (Å²) in [6.45, 7) is 4.91. The molecule has 0 aliphatic carbocycles. The van der Waals surface area contributed by atoms with Crippen LogP contribution in [0, 0.1) is 0 Å². The highest BCUT2D eigenvalue weighted by Crippen LogP contribution is 2.29. The number of ether oxygens (including phenoxy) is 2. The number of aliphatic hydroxyl groups is 1. The van der Waals surface area contributed by atoms with Gasteiger partial charge in [-0.15, -0.1) is 0 Å². The SMILES string of the molecule is O=C(C[C@H]1CC[C@@H]2[C@H](COC[C@H](O)CN2Cc2ccccc2)O1)N[C@@H]1CCN(Cc2ccccc2)C1. The molecule has 3 aliphatic heterocycles. The molecule has 0 unspecified atom stereocenters.